The van der Waals surface area contributed by atoms with Crippen molar-refractivity contribution in [3.05, 3.63) is 35.9 Å². The van der Waals surface area contributed by atoms with E-state index in [2.05, 4.69) is 5.32 Å². The summed E-state index contributed by atoms with van der Waals surface area (Å²) >= 11 is 0. The van der Waals surface area contributed by atoms with Gasteiger partial charge in [-0.25, -0.2) is 0 Å². The molecule has 0 unspecified atom stereocenters. The van der Waals surface area contributed by atoms with Gasteiger partial charge in [-0.05, 0) is 24.8 Å². The van der Waals surface area contributed by atoms with Crippen LogP contribution in [0.5, 0.6) is 0 Å². The van der Waals surface area contributed by atoms with Gasteiger partial charge in [0.25, 0.3) is 0 Å². The molecule has 0 aliphatic heterocycles. The highest BCUT2D eigenvalue weighted by Gasteiger charge is 2.22. The van der Waals surface area contributed by atoms with Gasteiger partial charge in [-0.2, -0.15) is 0 Å². The first-order chi connectivity index (χ1) is 8.75. The van der Waals surface area contributed by atoms with E-state index in [1.807, 2.05) is 30.3 Å². The molecular formula is C15H21NO2. The molecule has 0 amide bonds. The number of rotatable bonds is 5. The summed E-state index contributed by atoms with van der Waals surface area (Å²) in [6, 6.07) is 9.74. The molecule has 0 bridgehead atoms. The van der Waals surface area contributed by atoms with Crippen molar-refractivity contribution in [3.63, 3.8) is 0 Å². The van der Waals surface area contributed by atoms with Crippen LogP contribution in [0.1, 0.15) is 37.7 Å². The van der Waals surface area contributed by atoms with Gasteiger partial charge in [-0.3, -0.25) is 4.79 Å². The zero-order chi connectivity index (χ0) is 12.8. The molecular weight excluding hydrogens is 226 g/mol. The molecule has 1 aliphatic carbocycles. The van der Waals surface area contributed by atoms with Crippen molar-refractivity contribution in [1.82, 2.24) is 5.32 Å². The Morgan fingerprint density at radius 3 is 2.50 bits per heavy atom. The van der Waals surface area contributed by atoms with E-state index >= 15 is 0 Å². The van der Waals surface area contributed by atoms with Crippen molar-refractivity contribution in [3.8, 4) is 0 Å². The molecule has 1 aromatic carbocycles. The van der Waals surface area contributed by atoms with Crippen LogP contribution in [0.3, 0.4) is 0 Å². The zero-order valence-corrected chi connectivity index (χ0v) is 10.6. The minimum absolute atomic E-state index is 0.378. The molecule has 1 saturated carbocycles. The Hall–Kier alpha value is -1.35. The SMILES string of the molecule is O=C(O)[C@H](Cc1ccccc1)NC1CCCCC1. The van der Waals surface area contributed by atoms with Crippen LogP contribution in [0.2, 0.25) is 0 Å². The van der Waals surface area contributed by atoms with E-state index in [4.69, 9.17) is 0 Å². The Morgan fingerprint density at radius 1 is 1.22 bits per heavy atom. The maximum absolute atomic E-state index is 11.3. The normalized spacial score (nSPS) is 18.4. The molecule has 18 heavy (non-hydrogen) atoms. The van der Waals surface area contributed by atoms with E-state index in [1.165, 1.54) is 19.3 Å². The van der Waals surface area contributed by atoms with E-state index in [1.54, 1.807) is 0 Å². The number of benzene rings is 1. The number of nitrogens with one attached hydrogen (secondary N) is 1. The van der Waals surface area contributed by atoms with Gasteiger partial charge in [-0.1, -0.05) is 49.6 Å². The third kappa shape index (κ3) is 3.84. The molecule has 0 spiro atoms. The number of carbonyl (C=O) groups is 1. The van der Waals surface area contributed by atoms with Gasteiger partial charge < -0.3 is 10.4 Å². The maximum Gasteiger partial charge on any atom is 0.321 e. The number of hydrogen-bond donors (Lipinski definition) is 2. The molecule has 1 atom stereocenters. The summed E-state index contributed by atoms with van der Waals surface area (Å²) in [5, 5.41) is 12.6. The molecule has 0 saturated heterocycles. The second-order valence-electron chi connectivity index (χ2n) is 5.08. The quantitative estimate of drug-likeness (QED) is 0.841. The molecule has 1 fully saturated rings. The van der Waals surface area contributed by atoms with Crippen LogP contribution in [0.4, 0.5) is 0 Å². The van der Waals surface area contributed by atoms with E-state index in [0.717, 1.165) is 18.4 Å². The van der Waals surface area contributed by atoms with Gasteiger partial charge >= 0.3 is 5.97 Å². The Labute approximate surface area is 108 Å². The lowest BCUT2D eigenvalue weighted by Gasteiger charge is -2.26. The topological polar surface area (TPSA) is 49.3 Å². The van der Waals surface area contributed by atoms with Crippen LogP contribution in [0.25, 0.3) is 0 Å². The first-order valence-corrected chi connectivity index (χ1v) is 6.78. The van der Waals surface area contributed by atoms with Crippen molar-refractivity contribution < 1.29 is 9.90 Å². The number of carboxylic acid groups (broad SMARTS) is 1. The predicted octanol–water partition coefficient (Wildman–Crippen LogP) is 2.60. The first-order valence-electron chi connectivity index (χ1n) is 6.78. The molecule has 2 rings (SSSR count). The molecule has 1 aliphatic rings. The fraction of sp³-hybridized carbons (Fsp3) is 0.533. The zero-order valence-electron chi connectivity index (χ0n) is 10.6. The second-order valence-corrected chi connectivity index (χ2v) is 5.08. The van der Waals surface area contributed by atoms with Gasteiger partial charge in [0.15, 0.2) is 0 Å². The average molecular weight is 247 g/mol. The third-order valence-corrected chi connectivity index (χ3v) is 3.62. The van der Waals surface area contributed by atoms with Crippen molar-refractivity contribution >= 4 is 5.97 Å². The smallest absolute Gasteiger partial charge is 0.321 e. The molecule has 2 N–H and O–H groups in total. The Kier molecular flexibility index (Phi) is 4.76. The lowest BCUT2D eigenvalue weighted by Crippen LogP contribution is -2.45. The van der Waals surface area contributed by atoms with Gasteiger partial charge in [0, 0.05) is 6.04 Å². The minimum Gasteiger partial charge on any atom is -0.480 e. The van der Waals surface area contributed by atoms with E-state index in [-0.39, 0.29) is 0 Å². The molecule has 98 valence electrons. The lowest BCUT2D eigenvalue weighted by atomic mass is 9.94. The van der Waals surface area contributed by atoms with Crippen LogP contribution < -0.4 is 5.32 Å². The van der Waals surface area contributed by atoms with Crippen molar-refractivity contribution in [2.75, 3.05) is 0 Å². The van der Waals surface area contributed by atoms with Crippen molar-refractivity contribution in [1.29, 1.82) is 0 Å². The van der Waals surface area contributed by atoms with Gasteiger partial charge in [-0.15, -0.1) is 0 Å². The van der Waals surface area contributed by atoms with Gasteiger partial charge in [0.05, 0.1) is 0 Å². The fourth-order valence-electron chi connectivity index (χ4n) is 2.62. The summed E-state index contributed by atoms with van der Waals surface area (Å²) < 4.78 is 0. The van der Waals surface area contributed by atoms with E-state index in [9.17, 15) is 9.90 Å². The fourth-order valence-corrected chi connectivity index (χ4v) is 2.62. The number of carboxylic acids is 1. The predicted molar refractivity (Wildman–Crippen MR) is 71.6 cm³/mol. The molecule has 3 nitrogen and oxygen atoms in total. The average Bonchev–Trinajstić information content (AvgIpc) is 2.40. The van der Waals surface area contributed by atoms with Crippen LogP contribution in [-0.4, -0.2) is 23.2 Å². The Bertz CT molecular complexity index is 371. The summed E-state index contributed by atoms with van der Waals surface area (Å²) in [5.41, 5.74) is 1.08. The molecule has 0 heterocycles. The standard InChI is InChI=1S/C15H21NO2/c17-15(18)14(11-12-7-3-1-4-8-12)16-13-9-5-2-6-10-13/h1,3-4,7-8,13-14,16H,2,5-6,9-11H2,(H,17,18)/t14-/m0/s1. The maximum atomic E-state index is 11.3. The van der Waals surface area contributed by atoms with E-state index in [0.29, 0.717) is 12.5 Å². The highest BCUT2D eigenvalue weighted by atomic mass is 16.4. The number of aliphatic carboxylic acids is 1. The largest absolute Gasteiger partial charge is 0.480 e. The second kappa shape index (κ2) is 6.55. The Balaban J connectivity index is 1.93. The Morgan fingerprint density at radius 2 is 1.89 bits per heavy atom. The highest BCUT2D eigenvalue weighted by molar-refractivity contribution is 5.74. The molecule has 3 heteroatoms. The van der Waals surface area contributed by atoms with Crippen LogP contribution >= 0.6 is 0 Å². The van der Waals surface area contributed by atoms with Crippen LogP contribution in [0.15, 0.2) is 30.3 Å². The van der Waals surface area contributed by atoms with Gasteiger partial charge in [0.2, 0.25) is 0 Å². The van der Waals surface area contributed by atoms with Gasteiger partial charge in [0.1, 0.15) is 6.04 Å². The minimum atomic E-state index is -0.746. The monoisotopic (exact) mass is 247 g/mol. The third-order valence-electron chi connectivity index (χ3n) is 3.62. The van der Waals surface area contributed by atoms with Crippen LogP contribution in [-0.2, 0) is 11.2 Å². The summed E-state index contributed by atoms with van der Waals surface area (Å²) in [6.45, 7) is 0. The lowest BCUT2D eigenvalue weighted by molar-refractivity contribution is -0.139. The first kappa shape index (κ1) is 13.1. The van der Waals surface area contributed by atoms with Crippen molar-refractivity contribution in [2.24, 2.45) is 0 Å². The number of hydrogen-bond acceptors (Lipinski definition) is 2. The van der Waals surface area contributed by atoms with E-state index < -0.39 is 12.0 Å². The summed E-state index contributed by atoms with van der Waals surface area (Å²) in [5.74, 6) is -0.746. The molecule has 0 aromatic heterocycles. The highest BCUT2D eigenvalue weighted by Crippen LogP contribution is 2.18. The summed E-state index contributed by atoms with van der Waals surface area (Å²) in [6.07, 6.45) is 6.50. The molecule has 0 radical (unpaired) electrons. The summed E-state index contributed by atoms with van der Waals surface area (Å²) in [7, 11) is 0. The summed E-state index contributed by atoms with van der Waals surface area (Å²) in [4.78, 5) is 11.3. The van der Waals surface area contributed by atoms with Crippen molar-refractivity contribution in [2.45, 2.75) is 50.6 Å². The van der Waals surface area contributed by atoms with Crippen LogP contribution in [0, 0.1) is 0 Å². The molecule has 1 aromatic rings.